The zero-order valence-corrected chi connectivity index (χ0v) is 21.2. The third-order valence-electron chi connectivity index (χ3n) is 7.15. The van der Waals surface area contributed by atoms with Gasteiger partial charge in [-0.25, -0.2) is 9.59 Å². The van der Waals surface area contributed by atoms with E-state index < -0.39 is 5.97 Å². The lowest BCUT2D eigenvalue weighted by Gasteiger charge is -2.20. The van der Waals surface area contributed by atoms with E-state index in [0.717, 1.165) is 34.5 Å². The summed E-state index contributed by atoms with van der Waals surface area (Å²) in [5, 5.41) is 8.88. The van der Waals surface area contributed by atoms with E-state index in [4.69, 9.17) is 9.84 Å². The molecule has 5 rings (SSSR count). The number of aliphatic carboxylic acids is 1. The van der Waals surface area contributed by atoms with Crippen LogP contribution in [0.3, 0.4) is 0 Å². The summed E-state index contributed by atoms with van der Waals surface area (Å²) >= 11 is 0. The Labute approximate surface area is 222 Å². The van der Waals surface area contributed by atoms with Crippen LogP contribution in [0.2, 0.25) is 0 Å². The molecule has 38 heavy (non-hydrogen) atoms. The molecule has 196 valence electrons. The van der Waals surface area contributed by atoms with E-state index in [1.807, 2.05) is 60.7 Å². The number of carboxylic acids is 1. The fourth-order valence-electron chi connectivity index (χ4n) is 4.98. The quantitative estimate of drug-likeness (QED) is 0.486. The van der Waals surface area contributed by atoms with Crippen molar-refractivity contribution in [3.8, 4) is 0 Å². The van der Waals surface area contributed by atoms with Gasteiger partial charge in [0.15, 0.2) is 0 Å². The van der Waals surface area contributed by atoms with Crippen LogP contribution in [0.15, 0.2) is 72.8 Å². The van der Waals surface area contributed by atoms with E-state index in [-0.39, 0.29) is 25.2 Å². The molecule has 8 nitrogen and oxygen atoms in total. The highest BCUT2D eigenvalue weighted by molar-refractivity contribution is 6.06. The molecule has 1 fully saturated rings. The zero-order valence-electron chi connectivity index (χ0n) is 21.2. The molecule has 0 bridgehead atoms. The molecule has 0 spiro atoms. The summed E-state index contributed by atoms with van der Waals surface area (Å²) in [7, 11) is 0. The van der Waals surface area contributed by atoms with Gasteiger partial charge in [-0.3, -0.25) is 14.6 Å². The van der Waals surface area contributed by atoms with Crippen LogP contribution in [0, 0.1) is 0 Å². The molecule has 2 aliphatic rings. The SMILES string of the molecule is O=C(O)CCc1ccc(N2CCN(c3ccc4c(c3)CCN(C(=O)OCc3ccccc3)CC4)C2=O)cc1. The summed E-state index contributed by atoms with van der Waals surface area (Å²) in [5.74, 6) is -0.823. The second-order valence-electron chi connectivity index (χ2n) is 9.63. The van der Waals surface area contributed by atoms with Crippen LogP contribution >= 0.6 is 0 Å². The van der Waals surface area contributed by atoms with Crippen molar-refractivity contribution in [1.29, 1.82) is 0 Å². The van der Waals surface area contributed by atoms with Crippen LogP contribution < -0.4 is 9.80 Å². The standard InChI is InChI=1S/C30H31N3O5/c34-28(35)13-8-22-6-10-26(11-7-22)32-18-19-33(29(32)36)27-12-9-24-14-16-31(17-15-25(24)20-27)30(37)38-21-23-4-2-1-3-5-23/h1-7,9-12,20H,8,13-19,21H2,(H,34,35). The molecule has 1 N–H and O–H groups in total. The van der Waals surface area contributed by atoms with E-state index in [1.165, 1.54) is 5.56 Å². The van der Waals surface area contributed by atoms with Gasteiger partial charge in [0.1, 0.15) is 6.61 Å². The Balaban J connectivity index is 1.20. The van der Waals surface area contributed by atoms with E-state index in [2.05, 4.69) is 12.1 Å². The summed E-state index contributed by atoms with van der Waals surface area (Å²) in [4.78, 5) is 42.0. The third-order valence-corrected chi connectivity index (χ3v) is 7.15. The average Bonchev–Trinajstić information content (AvgIpc) is 3.19. The molecule has 0 aliphatic carbocycles. The molecule has 0 saturated carbocycles. The van der Waals surface area contributed by atoms with Crippen molar-refractivity contribution < 1.29 is 24.2 Å². The van der Waals surface area contributed by atoms with E-state index >= 15 is 0 Å². The van der Waals surface area contributed by atoms with Gasteiger partial charge in [-0.1, -0.05) is 48.5 Å². The molecule has 0 unspecified atom stereocenters. The predicted octanol–water partition coefficient (Wildman–Crippen LogP) is 4.89. The lowest BCUT2D eigenvalue weighted by molar-refractivity contribution is -0.136. The normalized spacial score (nSPS) is 15.3. The second kappa shape index (κ2) is 11.4. The first-order valence-electron chi connectivity index (χ1n) is 12.9. The molecule has 3 amide bonds. The average molecular weight is 514 g/mol. The van der Waals surface area contributed by atoms with E-state index in [0.29, 0.717) is 39.0 Å². The highest BCUT2D eigenvalue weighted by Gasteiger charge is 2.31. The molecular weight excluding hydrogens is 482 g/mol. The molecule has 3 aromatic rings. The summed E-state index contributed by atoms with van der Waals surface area (Å²) < 4.78 is 5.53. The Bertz CT molecular complexity index is 1310. The lowest BCUT2D eigenvalue weighted by atomic mass is 10.0. The van der Waals surface area contributed by atoms with Crippen LogP contribution in [-0.2, 0) is 35.4 Å². The molecule has 0 aromatic heterocycles. The number of ether oxygens (including phenoxy) is 1. The number of carboxylic acid groups (broad SMARTS) is 1. The lowest BCUT2D eigenvalue weighted by Crippen LogP contribution is -2.33. The number of carbonyl (C=O) groups is 3. The van der Waals surface area contributed by atoms with Crippen LogP contribution in [0.25, 0.3) is 0 Å². The first kappa shape index (κ1) is 25.3. The molecule has 3 aromatic carbocycles. The van der Waals surface area contributed by atoms with E-state index in [9.17, 15) is 14.4 Å². The number of anilines is 2. The minimum Gasteiger partial charge on any atom is -0.481 e. The summed E-state index contributed by atoms with van der Waals surface area (Å²) in [6.07, 6.45) is 1.69. The van der Waals surface area contributed by atoms with Gasteiger partial charge in [0.2, 0.25) is 0 Å². The monoisotopic (exact) mass is 513 g/mol. The fraction of sp³-hybridized carbons (Fsp3) is 0.300. The molecule has 2 aliphatic heterocycles. The van der Waals surface area contributed by atoms with Crippen molar-refractivity contribution in [2.45, 2.75) is 32.3 Å². The van der Waals surface area contributed by atoms with Gasteiger partial charge in [-0.05, 0) is 65.8 Å². The number of nitrogens with zero attached hydrogens (tertiary/aromatic N) is 3. The van der Waals surface area contributed by atoms with Crippen LogP contribution in [-0.4, -0.2) is 54.3 Å². The minimum absolute atomic E-state index is 0.0806. The third kappa shape index (κ3) is 5.80. The fourth-order valence-corrected chi connectivity index (χ4v) is 4.98. The van der Waals surface area contributed by atoms with Crippen molar-refractivity contribution in [2.75, 3.05) is 36.0 Å². The Morgan fingerprint density at radius 2 is 1.42 bits per heavy atom. The largest absolute Gasteiger partial charge is 0.481 e. The molecule has 2 heterocycles. The summed E-state index contributed by atoms with van der Waals surface area (Å²) in [6, 6.07) is 23.2. The topological polar surface area (TPSA) is 90.4 Å². The van der Waals surface area contributed by atoms with Gasteiger partial charge >= 0.3 is 18.1 Å². The van der Waals surface area contributed by atoms with Gasteiger partial charge in [0, 0.05) is 44.0 Å². The maximum Gasteiger partial charge on any atom is 0.410 e. The molecule has 0 atom stereocenters. The number of carbonyl (C=O) groups excluding carboxylic acids is 2. The Hall–Kier alpha value is -4.33. The summed E-state index contributed by atoms with van der Waals surface area (Å²) in [5.41, 5.74) is 5.89. The number of fused-ring (bicyclic) bond motifs is 1. The molecule has 1 saturated heterocycles. The number of hydrogen-bond donors (Lipinski definition) is 1. The number of amides is 3. The maximum atomic E-state index is 13.3. The van der Waals surface area contributed by atoms with Crippen molar-refractivity contribution in [1.82, 2.24) is 4.90 Å². The summed E-state index contributed by atoms with van der Waals surface area (Å²) in [6.45, 7) is 2.57. The highest BCUT2D eigenvalue weighted by atomic mass is 16.6. The number of benzene rings is 3. The van der Waals surface area contributed by atoms with Crippen molar-refractivity contribution in [2.24, 2.45) is 0 Å². The highest BCUT2D eigenvalue weighted by Crippen LogP contribution is 2.29. The smallest absolute Gasteiger partial charge is 0.410 e. The maximum absolute atomic E-state index is 13.3. The molecule has 0 radical (unpaired) electrons. The number of urea groups is 1. The van der Waals surface area contributed by atoms with Crippen LogP contribution in [0.5, 0.6) is 0 Å². The van der Waals surface area contributed by atoms with Crippen molar-refractivity contribution >= 4 is 29.5 Å². The number of hydrogen-bond acceptors (Lipinski definition) is 4. The van der Waals surface area contributed by atoms with Gasteiger partial charge in [0.05, 0.1) is 0 Å². The first-order valence-corrected chi connectivity index (χ1v) is 12.9. The number of aryl methyl sites for hydroxylation is 1. The van der Waals surface area contributed by atoms with Crippen molar-refractivity contribution in [3.63, 3.8) is 0 Å². The van der Waals surface area contributed by atoms with Gasteiger partial charge in [-0.2, -0.15) is 0 Å². The minimum atomic E-state index is -0.823. The zero-order chi connectivity index (χ0) is 26.5. The van der Waals surface area contributed by atoms with Gasteiger partial charge in [0.25, 0.3) is 0 Å². The molecular formula is C30H31N3O5. The predicted molar refractivity (Wildman–Crippen MR) is 145 cm³/mol. The molecule has 8 heteroatoms. The van der Waals surface area contributed by atoms with Gasteiger partial charge in [-0.15, -0.1) is 0 Å². The van der Waals surface area contributed by atoms with Crippen LogP contribution in [0.1, 0.15) is 28.7 Å². The second-order valence-corrected chi connectivity index (χ2v) is 9.63. The van der Waals surface area contributed by atoms with E-state index in [1.54, 1.807) is 14.7 Å². The first-order chi connectivity index (χ1) is 18.5. The van der Waals surface area contributed by atoms with Crippen LogP contribution in [0.4, 0.5) is 21.0 Å². The van der Waals surface area contributed by atoms with Crippen molar-refractivity contribution in [3.05, 3.63) is 95.1 Å². The Morgan fingerprint density at radius 1 is 0.763 bits per heavy atom. The Kier molecular flexibility index (Phi) is 7.58. The van der Waals surface area contributed by atoms with Gasteiger partial charge < -0.3 is 14.7 Å². The Morgan fingerprint density at radius 3 is 2.13 bits per heavy atom. The number of rotatable bonds is 7.